The van der Waals surface area contributed by atoms with Crippen molar-refractivity contribution in [1.82, 2.24) is 0 Å². The van der Waals surface area contributed by atoms with E-state index in [4.69, 9.17) is 13.7 Å². The average Bonchev–Trinajstić information content (AvgIpc) is 3.28. The molecule has 3 aliphatic rings. The van der Waals surface area contributed by atoms with Crippen LogP contribution >= 0.6 is 0 Å². The van der Waals surface area contributed by atoms with Crippen molar-refractivity contribution < 1.29 is 26.9 Å². The fourth-order valence-electron chi connectivity index (χ4n) is 8.05. The first-order valence-electron chi connectivity index (χ1n) is 15.2. The number of anilines is 1. The van der Waals surface area contributed by atoms with Gasteiger partial charge in [-0.05, 0) is 111 Å². The molecule has 6 atom stereocenters. The van der Waals surface area contributed by atoms with Crippen molar-refractivity contribution >= 4 is 21.9 Å². The lowest BCUT2D eigenvalue weighted by atomic mass is 9.55. The molecule has 0 spiro atoms. The van der Waals surface area contributed by atoms with Crippen LogP contribution in [-0.4, -0.2) is 34.3 Å². The van der Waals surface area contributed by atoms with Gasteiger partial charge in [-0.3, -0.25) is 9.50 Å². The Morgan fingerprint density at radius 3 is 2.37 bits per heavy atom. The van der Waals surface area contributed by atoms with Crippen molar-refractivity contribution in [2.75, 3.05) is 19.0 Å². The average molecular weight is 604 g/mol. The number of hydrogen-bond donors (Lipinski definition) is 1. The molecule has 0 unspecified atom stereocenters. The Morgan fingerprint density at radius 2 is 1.67 bits per heavy atom. The third-order valence-electron chi connectivity index (χ3n) is 10.3. The number of hydrogen-bond acceptors (Lipinski definition) is 6. The zero-order valence-electron chi connectivity index (χ0n) is 25.3. The van der Waals surface area contributed by atoms with Crippen LogP contribution in [-0.2, 0) is 25.5 Å². The highest BCUT2D eigenvalue weighted by Crippen LogP contribution is 2.63. The molecular formula is C35H41NO6S. The molecular weight excluding hydrogens is 562 g/mol. The minimum Gasteiger partial charge on any atom is -0.497 e. The number of rotatable bonds is 7. The second-order valence-corrected chi connectivity index (χ2v) is 14.5. The van der Waals surface area contributed by atoms with Crippen LogP contribution in [0.15, 0.2) is 71.6 Å². The van der Waals surface area contributed by atoms with Crippen LogP contribution in [0.25, 0.3) is 0 Å². The highest BCUT2D eigenvalue weighted by molar-refractivity contribution is 7.86. The van der Waals surface area contributed by atoms with Gasteiger partial charge in [-0.1, -0.05) is 48.4 Å². The van der Waals surface area contributed by atoms with Gasteiger partial charge in [0.1, 0.15) is 11.9 Å². The fraction of sp³-hybridized carbons (Fsp3) is 0.457. The Kier molecular flexibility index (Phi) is 8.03. The number of amides is 1. The molecule has 0 aliphatic heterocycles. The number of nitrogens with one attached hydrogen (secondary N) is 1. The zero-order chi connectivity index (χ0) is 30.4. The van der Waals surface area contributed by atoms with Crippen molar-refractivity contribution in [1.29, 1.82) is 0 Å². The number of fused-ring (bicyclic) bond motifs is 5. The second-order valence-electron chi connectivity index (χ2n) is 12.9. The third kappa shape index (κ3) is 5.79. The highest BCUT2D eigenvalue weighted by Gasteiger charge is 2.60. The van der Waals surface area contributed by atoms with Crippen molar-refractivity contribution in [3.05, 3.63) is 89.0 Å². The number of benzene rings is 3. The molecule has 6 rings (SSSR count). The Morgan fingerprint density at radius 1 is 0.977 bits per heavy atom. The third-order valence-corrected chi connectivity index (χ3v) is 11.6. The minimum absolute atomic E-state index is 0.0318. The maximum atomic E-state index is 13.3. The summed E-state index contributed by atoms with van der Waals surface area (Å²) in [5.41, 5.74) is 5.19. The van der Waals surface area contributed by atoms with Gasteiger partial charge in [-0.2, -0.15) is 8.42 Å². The molecule has 0 heterocycles. The molecule has 3 aliphatic carbocycles. The fourth-order valence-corrected chi connectivity index (χ4v) is 9.01. The Balaban J connectivity index is 1.26. The lowest BCUT2D eigenvalue weighted by Crippen LogP contribution is -2.46. The van der Waals surface area contributed by atoms with E-state index in [0.29, 0.717) is 17.5 Å². The molecule has 7 nitrogen and oxygen atoms in total. The van der Waals surface area contributed by atoms with Gasteiger partial charge in [-0.15, -0.1) is 0 Å². The van der Waals surface area contributed by atoms with E-state index in [9.17, 15) is 13.2 Å². The number of methoxy groups -OCH3 is 1. The minimum atomic E-state index is -3.96. The molecule has 8 heteroatoms. The quantitative estimate of drug-likeness (QED) is 0.283. The van der Waals surface area contributed by atoms with E-state index in [0.717, 1.165) is 49.0 Å². The van der Waals surface area contributed by atoms with Crippen LogP contribution in [0.4, 0.5) is 10.5 Å². The van der Waals surface area contributed by atoms with Gasteiger partial charge < -0.3 is 9.47 Å². The van der Waals surface area contributed by atoms with Gasteiger partial charge in [-0.25, -0.2) is 4.79 Å². The molecule has 3 aromatic carbocycles. The van der Waals surface area contributed by atoms with Crippen molar-refractivity contribution in [2.45, 2.75) is 69.8 Å². The van der Waals surface area contributed by atoms with E-state index in [2.05, 4.69) is 30.4 Å². The summed E-state index contributed by atoms with van der Waals surface area (Å²) in [6, 6.07) is 20.7. The zero-order valence-corrected chi connectivity index (χ0v) is 26.2. The summed E-state index contributed by atoms with van der Waals surface area (Å²) in [5, 5.41) is 2.88. The lowest BCUT2D eigenvalue weighted by molar-refractivity contribution is -0.0414. The van der Waals surface area contributed by atoms with Gasteiger partial charge in [0, 0.05) is 17.0 Å². The topological polar surface area (TPSA) is 90.9 Å². The first-order chi connectivity index (χ1) is 20.6. The first kappa shape index (κ1) is 29.7. The largest absolute Gasteiger partial charge is 0.497 e. The standard InChI is InChI=1S/C35H41NO6S/c1-22-5-10-26(11-6-22)36-34(37)42-33-25(21-41-43(38,39)28-13-7-23(2)8-14-28)20-32-31-15-9-24-19-27(40-4)12-16-29(24)30(31)17-18-35(32,33)3/h5-8,10-14,16,19,25,30-33H,9,15,17-18,20-21H2,1-4H3,(H,36,37)/t25-,30-,31-,32+,33+,35+/m1/s1. The maximum absolute atomic E-state index is 13.3. The smallest absolute Gasteiger partial charge is 0.411 e. The van der Waals surface area contributed by atoms with Gasteiger partial charge in [0.2, 0.25) is 0 Å². The van der Waals surface area contributed by atoms with Crippen LogP contribution in [0, 0.1) is 37.0 Å². The lowest BCUT2D eigenvalue weighted by Gasteiger charge is -2.50. The monoisotopic (exact) mass is 603 g/mol. The first-order valence-corrected chi connectivity index (χ1v) is 16.7. The normalized spacial score (nSPS) is 27.9. The number of carbonyl (C=O) groups excluding carboxylic acids is 1. The summed E-state index contributed by atoms with van der Waals surface area (Å²) < 4.78 is 43.8. The Bertz CT molecular complexity index is 1590. The summed E-state index contributed by atoms with van der Waals surface area (Å²) in [4.78, 5) is 13.4. The van der Waals surface area contributed by atoms with E-state index < -0.39 is 22.3 Å². The predicted molar refractivity (Wildman–Crippen MR) is 166 cm³/mol. The van der Waals surface area contributed by atoms with Crippen molar-refractivity contribution in [3.8, 4) is 5.75 Å². The molecule has 0 saturated heterocycles. The van der Waals surface area contributed by atoms with Gasteiger partial charge in [0.05, 0.1) is 18.6 Å². The van der Waals surface area contributed by atoms with E-state index in [1.807, 2.05) is 38.1 Å². The van der Waals surface area contributed by atoms with Crippen LogP contribution in [0.2, 0.25) is 0 Å². The summed E-state index contributed by atoms with van der Waals surface area (Å²) in [6.07, 6.45) is 3.64. The summed E-state index contributed by atoms with van der Waals surface area (Å²) in [7, 11) is -2.26. The summed E-state index contributed by atoms with van der Waals surface area (Å²) in [5.74, 6) is 1.75. The Labute approximate surface area is 255 Å². The SMILES string of the molecule is COc1ccc2c(c1)CC[C@@H]1[C@@H]2CC[C@@]2(C)[C@H]1C[C@H](COS(=O)(=O)c1ccc(C)cc1)[C@@H]2OC(=O)Nc1ccc(C)cc1. The molecule has 0 aromatic heterocycles. The molecule has 1 amide bonds. The van der Waals surface area contributed by atoms with E-state index >= 15 is 0 Å². The van der Waals surface area contributed by atoms with Gasteiger partial charge >= 0.3 is 6.09 Å². The molecule has 43 heavy (non-hydrogen) atoms. The molecule has 0 bridgehead atoms. The van der Waals surface area contributed by atoms with Crippen LogP contribution < -0.4 is 10.1 Å². The highest BCUT2D eigenvalue weighted by atomic mass is 32.2. The Hall–Kier alpha value is -3.36. The molecule has 2 saturated carbocycles. The van der Waals surface area contributed by atoms with E-state index in [-0.39, 0.29) is 28.8 Å². The van der Waals surface area contributed by atoms with E-state index in [1.54, 1.807) is 31.4 Å². The summed E-state index contributed by atoms with van der Waals surface area (Å²) in [6.45, 7) is 6.11. The predicted octanol–water partition coefficient (Wildman–Crippen LogP) is 7.42. The van der Waals surface area contributed by atoms with Crippen LogP contribution in [0.1, 0.15) is 60.8 Å². The number of aryl methyl sites for hydroxylation is 3. The maximum Gasteiger partial charge on any atom is 0.411 e. The van der Waals surface area contributed by atoms with Crippen LogP contribution in [0.5, 0.6) is 5.75 Å². The number of ether oxygens (including phenoxy) is 2. The van der Waals surface area contributed by atoms with Crippen molar-refractivity contribution in [2.24, 2.45) is 23.2 Å². The van der Waals surface area contributed by atoms with Gasteiger partial charge in [0.25, 0.3) is 10.1 Å². The molecule has 0 radical (unpaired) electrons. The van der Waals surface area contributed by atoms with Gasteiger partial charge in [0.15, 0.2) is 0 Å². The molecule has 2 fully saturated rings. The van der Waals surface area contributed by atoms with Crippen molar-refractivity contribution in [3.63, 3.8) is 0 Å². The molecule has 228 valence electrons. The summed E-state index contributed by atoms with van der Waals surface area (Å²) >= 11 is 0. The second kappa shape index (κ2) is 11.6. The molecule has 3 aromatic rings. The van der Waals surface area contributed by atoms with E-state index in [1.165, 1.54) is 11.1 Å². The number of carbonyl (C=O) groups is 1. The molecule has 1 N–H and O–H groups in total. The van der Waals surface area contributed by atoms with Crippen LogP contribution in [0.3, 0.4) is 0 Å².